The fraction of sp³-hybridized carbons (Fsp3) is 0.611. The lowest BCUT2D eigenvalue weighted by molar-refractivity contribution is -0.296. The normalized spacial score (nSPS) is 25.9. The van der Waals surface area contributed by atoms with Crippen LogP contribution < -0.4 is 0 Å². The Morgan fingerprint density at radius 2 is 1.95 bits per heavy atom. The van der Waals surface area contributed by atoms with Crippen LogP contribution in [0, 0.1) is 24.7 Å². The van der Waals surface area contributed by atoms with E-state index in [1.165, 1.54) is 6.42 Å². The van der Waals surface area contributed by atoms with Crippen LogP contribution >= 0.6 is 0 Å². The summed E-state index contributed by atoms with van der Waals surface area (Å²) in [6, 6.07) is 7.41. The van der Waals surface area contributed by atoms with E-state index < -0.39 is 5.97 Å². The Bertz CT molecular complexity index is 481. The highest BCUT2D eigenvalue weighted by atomic mass is 17.2. The molecule has 0 heterocycles. The molecule has 0 aromatic heterocycles. The zero-order valence-electron chi connectivity index (χ0n) is 13.5. The standard InChI is InChI=1S/C18H26O3/c1-12(2)15-10-9-13(3)11-17(15)20-21-18(19)16-8-6-5-7-14(16)4/h5-8,12-13,15,17H,9-11H2,1-4H3. The van der Waals surface area contributed by atoms with E-state index in [1.54, 1.807) is 6.07 Å². The van der Waals surface area contributed by atoms with Gasteiger partial charge in [0.05, 0.1) is 5.56 Å². The van der Waals surface area contributed by atoms with Gasteiger partial charge in [-0.3, -0.25) is 4.89 Å². The summed E-state index contributed by atoms with van der Waals surface area (Å²) in [5.74, 6) is 1.24. The molecule has 0 saturated heterocycles. The molecule has 1 fully saturated rings. The second-order valence-corrected chi connectivity index (χ2v) is 6.65. The second kappa shape index (κ2) is 7.08. The van der Waals surface area contributed by atoms with Crippen molar-refractivity contribution >= 4 is 5.97 Å². The Hall–Kier alpha value is -1.35. The molecular weight excluding hydrogens is 264 g/mol. The van der Waals surface area contributed by atoms with E-state index in [1.807, 2.05) is 25.1 Å². The van der Waals surface area contributed by atoms with E-state index >= 15 is 0 Å². The van der Waals surface area contributed by atoms with Crippen LogP contribution in [-0.4, -0.2) is 12.1 Å². The maximum atomic E-state index is 12.1. The molecule has 0 spiro atoms. The molecule has 0 aliphatic heterocycles. The first-order valence-corrected chi connectivity index (χ1v) is 7.92. The van der Waals surface area contributed by atoms with Crippen molar-refractivity contribution < 1.29 is 14.6 Å². The van der Waals surface area contributed by atoms with Gasteiger partial charge in [0.2, 0.25) is 0 Å². The molecule has 1 aliphatic carbocycles. The smallest absolute Gasteiger partial charge is 0.293 e. The maximum Gasteiger partial charge on any atom is 0.373 e. The van der Waals surface area contributed by atoms with E-state index in [0.29, 0.717) is 23.3 Å². The lowest BCUT2D eigenvalue weighted by Crippen LogP contribution is -2.35. The zero-order valence-corrected chi connectivity index (χ0v) is 13.5. The summed E-state index contributed by atoms with van der Waals surface area (Å²) in [5, 5.41) is 0. The van der Waals surface area contributed by atoms with Crippen molar-refractivity contribution in [1.29, 1.82) is 0 Å². The predicted molar refractivity (Wildman–Crippen MR) is 82.8 cm³/mol. The summed E-state index contributed by atoms with van der Waals surface area (Å²) in [5.41, 5.74) is 1.48. The third-order valence-corrected chi connectivity index (χ3v) is 4.57. The molecule has 0 radical (unpaired) electrons. The molecule has 0 N–H and O–H groups in total. The van der Waals surface area contributed by atoms with E-state index in [0.717, 1.165) is 18.4 Å². The van der Waals surface area contributed by atoms with Crippen LogP contribution in [-0.2, 0) is 9.78 Å². The zero-order chi connectivity index (χ0) is 15.4. The highest BCUT2D eigenvalue weighted by molar-refractivity contribution is 5.90. The summed E-state index contributed by atoms with van der Waals surface area (Å²) in [4.78, 5) is 22.8. The van der Waals surface area contributed by atoms with Crippen molar-refractivity contribution in [3.63, 3.8) is 0 Å². The van der Waals surface area contributed by atoms with E-state index in [9.17, 15) is 4.79 Å². The predicted octanol–water partition coefficient (Wildman–Crippen LogP) is 4.54. The summed E-state index contributed by atoms with van der Waals surface area (Å²) < 4.78 is 0. The Labute approximate surface area is 127 Å². The minimum atomic E-state index is -0.395. The molecular formula is C18H26O3. The SMILES string of the molecule is Cc1ccccc1C(=O)OOC1CC(C)CCC1C(C)C. The Morgan fingerprint density at radius 3 is 2.62 bits per heavy atom. The van der Waals surface area contributed by atoms with Gasteiger partial charge in [-0.25, -0.2) is 4.79 Å². The number of carbonyl (C=O) groups is 1. The van der Waals surface area contributed by atoms with E-state index in [4.69, 9.17) is 9.78 Å². The van der Waals surface area contributed by atoms with Crippen molar-refractivity contribution in [2.75, 3.05) is 0 Å². The molecule has 3 heteroatoms. The van der Waals surface area contributed by atoms with Gasteiger partial charge in [-0.05, 0) is 49.1 Å². The van der Waals surface area contributed by atoms with Gasteiger partial charge in [-0.2, -0.15) is 4.89 Å². The fourth-order valence-corrected chi connectivity index (χ4v) is 3.18. The van der Waals surface area contributed by atoms with Gasteiger partial charge < -0.3 is 0 Å². The van der Waals surface area contributed by atoms with Crippen LogP contribution in [0.4, 0.5) is 0 Å². The Balaban J connectivity index is 1.97. The first-order valence-electron chi connectivity index (χ1n) is 7.92. The molecule has 3 nitrogen and oxygen atoms in total. The van der Waals surface area contributed by atoms with Crippen LogP contribution in [0.2, 0.25) is 0 Å². The van der Waals surface area contributed by atoms with Gasteiger partial charge in [0.15, 0.2) is 0 Å². The lowest BCUT2D eigenvalue weighted by Gasteiger charge is -2.35. The molecule has 1 aromatic rings. The summed E-state index contributed by atoms with van der Waals surface area (Å²) in [6.45, 7) is 8.55. The topological polar surface area (TPSA) is 35.5 Å². The molecule has 0 amide bonds. The third kappa shape index (κ3) is 4.07. The maximum absolute atomic E-state index is 12.1. The first kappa shape index (κ1) is 16.0. The highest BCUT2D eigenvalue weighted by Gasteiger charge is 2.33. The van der Waals surface area contributed by atoms with Crippen molar-refractivity contribution in [3.8, 4) is 0 Å². The lowest BCUT2D eigenvalue weighted by atomic mass is 9.75. The number of carbonyl (C=O) groups excluding carboxylic acids is 1. The molecule has 2 rings (SSSR count). The average molecular weight is 290 g/mol. The van der Waals surface area contributed by atoms with Crippen LogP contribution in [0.1, 0.15) is 56.0 Å². The summed E-state index contributed by atoms with van der Waals surface area (Å²) >= 11 is 0. The van der Waals surface area contributed by atoms with Gasteiger partial charge in [0.25, 0.3) is 0 Å². The summed E-state index contributed by atoms with van der Waals surface area (Å²) in [7, 11) is 0. The van der Waals surface area contributed by atoms with Gasteiger partial charge in [0.1, 0.15) is 6.10 Å². The molecule has 1 aromatic carbocycles. The quantitative estimate of drug-likeness (QED) is 0.603. The Kier molecular flexibility index (Phi) is 5.40. The number of hydrogen-bond donors (Lipinski definition) is 0. The van der Waals surface area contributed by atoms with E-state index in [2.05, 4.69) is 20.8 Å². The minimum absolute atomic E-state index is 0.0155. The van der Waals surface area contributed by atoms with Gasteiger partial charge in [0, 0.05) is 0 Å². The van der Waals surface area contributed by atoms with Gasteiger partial charge >= 0.3 is 5.97 Å². The number of rotatable bonds is 4. The molecule has 3 unspecified atom stereocenters. The molecule has 1 aliphatic rings. The highest BCUT2D eigenvalue weighted by Crippen LogP contribution is 2.35. The second-order valence-electron chi connectivity index (χ2n) is 6.65. The van der Waals surface area contributed by atoms with Gasteiger partial charge in [-0.1, -0.05) is 45.4 Å². The molecule has 21 heavy (non-hydrogen) atoms. The molecule has 0 bridgehead atoms. The number of hydrogen-bond acceptors (Lipinski definition) is 3. The molecule has 116 valence electrons. The monoisotopic (exact) mass is 290 g/mol. The van der Waals surface area contributed by atoms with Gasteiger partial charge in [-0.15, -0.1) is 0 Å². The summed E-state index contributed by atoms with van der Waals surface area (Å²) in [6.07, 6.45) is 3.35. The van der Waals surface area contributed by atoms with Crippen molar-refractivity contribution in [2.45, 2.75) is 53.1 Å². The van der Waals surface area contributed by atoms with Crippen molar-refractivity contribution in [3.05, 3.63) is 35.4 Å². The van der Waals surface area contributed by atoms with Crippen molar-refractivity contribution in [2.24, 2.45) is 17.8 Å². The Morgan fingerprint density at radius 1 is 1.24 bits per heavy atom. The van der Waals surface area contributed by atoms with Crippen LogP contribution in [0.3, 0.4) is 0 Å². The van der Waals surface area contributed by atoms with Crippen LogP contribution in [0.25, 0.3) is 0 Å². The van der Waals surface area contributed by atoms with Crippen LogP contribution in [0.5, 0.6) is 0 Å². The largest absolute Gasteiger partial charge is 0.373 e. The number of aryl methyl sites for hydroxylation is 1. The van der Waals surface area contributed by atoms with Crippen LogP contribution in [0.15, 0.2) is 24.3 Å². The minimum Gasteiger partial charge on any atom is -0.293 e. The van der Waals surface area contributed by atoms with Crippen molar-refractivity contribution in [1.82, 2.24) is 0 Å². The van der Waals surface area contributed by atoms with E-state index in [-0.39, 0.29) is 6.10 Å². The first-order chi connectivity index (χ1) is 9.99. The number of benzene rings is 1. The average Bonchev–Trinajstić information content (AvgIpc) is 2.45. The molecule has 1 saturated carbocycles. The fourth-order valence-electron chi connectivity index (χ4n) is 3.18. The third-order valence-electron chi connectivity index (χ3n) is 4.57. The molecule has 3 atom stereocenters.